The number of esters is 4. The van der Waals surface area contributed by atoms with Crippen LogP contribution in [0.4, 0.5) is 0 Å². The summed E-state index contributed by atoms with van der Waals surface area (Å²) >= 11 is 24.5. The fourth-order valence-corrected chi connectivity index (χ4v) is 10.5. The van der Waals surface area contributed by atoms with Crippen LogP contribution in [0.5, 0.6) is 11.5 Å². The number of carbonyl (C=O) groups is 4. The number of aliphatic hydroxyl groups is 1. The summed E-state index contributed by atoms with van der Waals surface area (Å²) in [6.07, 6.45) is 8.24. The molecule has 91 heavy (non-hydrogen) atoms. The number of benzene rings is 6. The van der Waals surface area contributed by atoms with Crippen LogP contribution in [0, 0.1) is 0 Å². The van der Waals surface area contributed by atoms with Gasteiger partial charge in [0.05, 0.1) is 14.2 Å². The van der Waals surface area contributed by atoms with Crippen LogP contribution >= 0.6 is 46.4 Å². The van der Waals surface area contributed by atoms with Crippen molar-refractivity contribution in [3.05, 3.63) is 199 Å². The molecule has 0 radical (unpaired) electrons. The molecule has 6 aromatic rings. The Hall–Kier alpha value is -6.16. The lowest BCUT2D eigenvalue weighted by Gasteiger charge is -2.25. The molecule has 0 fully saturated rings. The van der Waals surface area contributed by atoms with Gasteiger partial charge in [0.2, 0.25) is 0 Å². The van der Waals surface area contributed by atoms with Crippen LogP contribution in [-0.2, 0) is 51.0 Å². The number of unbranched alkanes of at least 4 members (excludes halogenated alkanes) is 4. The zero-order valence-corrected chi connectivity index (χ0v) is 57.9. The minimum absolute atomic E-state index is 0.199. The Balaban J connectivity index is 0.000000325. The topological polar surface area (TPSA) is 161 Å². The molecule has 0 aliphatic carbocycles. The summed E-state index contributed by atoms with van der Waals surface area (Å²) in [4.78, 5) is 51.3. The first-order valence-electron chi connectivity index (χ1n) is 31.4. The van der Waals surface area contributed by atoms with Crippen LogP contribution in [0.15, 0.2) is 146 Å². The fourth-order valence-electron chi connectivity index (χ4n) is 10.0. The number of rotatable bonds is 32. The molecular formula is C74H96Cl4N2O11. The summed E-state index contributed by atoms with van der Waals surface area (Å²) in [7, 11) is 6.93. The molecule has 0 aliphatic rings. The Morgan fingerprint density at radius 2 is 0.791 bits per heavy atom. The first-order chi connectivity index (χ1) is 43.2. The number of aryl methyl sites for hydroxylation is 2. The first-order valence-corrected chi connectivity index (χ1v) is 32.9. The lowest BCUT2D eigenvalue weighted by molar-refractivity contribution is -0.156. The zero-order valence-electron chi connectivity index (χ0n) is 54.9. The third kappa shape index (κ3) is 32.3. The maximum absolute atomic E-state index is 12.4. The smallest absolute Gasteiger partial charge is 0.347 e. The standard InChI is InChI=1S/C37H47Cl2NO5.C24H25Cl2NO.C13H24O5/c1-37(2,3)45-35(41)12-8-6-7-11-34(36(42)43-5)44-32-23-13-27(14-24-32)10-9-25-40(4)26-33(28-15-19-30(38)20-16-28)29-17-21-31(39)22-18-29;1-27(16-2-3-18-4-14-23(28)15-5-18)17-24(19-6-10-21(25)11-7-19)20-8-12-22(26)13-9-20;1-13(2,3)18-11(15)9-7-5-6-8-10(14)12(16)17-4/h13-24,33-34H,6-12,25-26H2,1-5H3;4-15,24,28H,2-3,16-17H2,1H3;10,14H,5-9H2,1-4H3. The Labute approximate surface area is 561 Å². The van der Waals surface area contributed by atoms with E-state index in [0.717, 1.165) is 91.2 Å². The van der Waals surface area contributed by atoms with Gasteiger partial charge in [-0.2, -0.15) is 0 Å². The number of hydrogen-bond donors (Lipinski definition) is 2. The fraction of sp³-hybridized carbons (Fsp3) is 0.459. The first kappa shape index (κ1) is 77.3. The monoisotopic (exact) mass is 1330 g/mol. The van der Waals surface area contributed by atoms with Crippen LogP contribution < -0.4 is 4.74 Å². The molecule has 6 rings (SSSR count). The normalized spacial score (nSPS) is 12.1. The van der Waals surface area contributed by atoms with Gasteiger partial charge in [-0.1, -0.05) is 138 Å². The van der Waals surface area contributed by atoms with Crippen molar-refractivity contribution in [2.75, 3.05) is 54.5 Å². The van der Waals surface area contributed by atoms with Gasteiger partial charge in [-0.15, -0.1) is 0 Å². The Kier molecular flexibility index (Phi) is 34.6. The van der Waals surface area contributed by atoms with Gasteiger partial charge in [0.1, 0.15) is 22.7 Å². The molecule has 0 aliphatic heterocycles. The number of phenolic OH excluding ortho intramolecular Hbond substituents is 1. The van der Waals surface area contributed by atoms with Gasteiger partial charge in [-0.25, -0.2) is 9.59 Å². The van der Waals surface area contributed by atoms with Crippen molar-refractivity contribution in [2.45, 2.75) is 167 Å². The minimum atomic E-state index is -1.06. The van der Waals surface area contributed by atoms with Crippen LogP contribution in [0.3, 0.4) is 0 Å². The van der Waals surface area contributed by atoms with Gasteiger partial charge in [0.15, 0.2) is 12.2 Å². The molecule has 0 heterocycles. The third-order valence-electron chi connectivity index (χ3n) is 14.7. The zero-order chi connectivity index (χ0) is 66.9. The number of aromatic hydroxyl groups is 1. The second-order valence-corrected chi connectivity index (χ2v) is 26.6. The SMILES string of the molecule is CN(CCCc1ccc(O)cc1)CC(c1ccc(Cl)cc1)c1ccc(Cl)cc1.COC(=O)C(CCCCCC(=O)OC(C)(C)C)Oc1ccc(CCCN(C)CC(c2ccc(Cl)cc2)c2ccc(Cl)cc2)cc1.COC(=O)C(O)CCCCCC(=O)OC(C)(C)C. The van der Waals surface area contributed by atoms with Gasteiger partial charge in [-0.05, 0) is 233 Å². The molecule has 496 valence electrons. The summed E-state index contributed by atoms with van der Waals surface area (Å²) in [5, 5.41) is 21.7. The van der Waals surface area contributed by atoms with E-state index in [2.05, 4.69) is 89.3 Å². The molecule has 0 spiro atoms. The average Bonchev–Trinajstić information content (AvgIpc) is 1.04. The van der Waals surface area contributed by atoms with E-state index >= 15 is 0 Å². The van der Waals surface area contributed by atoms with Crippen LogP contribution in [0.1, 0.15) is 164 Å². The Morgan fingerprint density at radius 1 is 0.451 bits per heavy atom. The Morgan fingerprint density at radius 3 is 1.13 bits per heavy atom. The van der Waals surface area contributed by atoms with Crippen molar-refractivity contribution in [3.63, 3.8) is 0 Å². The highest BCUT2D eigenvalue weighted by molar-refractivity contribution is 6.31. The van der Waals surface area contributed by atoms with Gasteiger partial charge >= 0.3 is 23.9 Å². The van der Waals surface area contributed by atoms with Crippen molar-refractivity contribution in [2.24, 2.45) is 0 Å². The average molecular weight is 1330 g/mol. The number of hydrogen-bond acceptors (Lipinski definition) is 13. The summed E-state index contributed by atoms with van der Waals surface area (Å²) in [6.45, 7) is 14.8. The highest BCUT2D eigenvalue weighted by Gasteiger charge is 2.23. The number of aliphatic hydroxyl groups excluding tert-OH is 1. The van der Waals surface area contributed by atoms with Gasteiger partial charge < -0.3 is 43.7 Å². The Bertz CT molecular complexity index is 2950. The van der Waals surface area contributed by atoms with E-state index < -0.39 is 35.3 Å². The second-order valence-electron chi connectivity index (χ2n) is 24.9. The van der Waals surface area contributed by atoms with Crippen molar-refractivity contribution in [1.82, 2.24) is 9.80 Å². The summed E-state index contributed by atoms with van der Waals surface area (Å²) in [6, 6.07) is 47.7. The summed E-state index contributed by atoms with van der Waals surface area (Å²) in [5.41, 5.74) is 6.46. The van der Waals surface area contributed by atoms with Crippen LogP contribution in [0.2, 0.25) is 20.1 Å². The molecular weight excluding hydrogens is 1230 g/mol. The lowest BCUT2D eigenvalue weighted by atomic mass is 9.91. The maximum atomic E-state index is 12.4. The highest BCUT2D eigenvalue weighted by Crippen LogP contribution is 2.30. The molecule has 0 saturated heterocycles. The van der Waals surface area contributed by atoms with E-state index in [9.17, 15) is 29.4 Å². The highest BCUT2D eigenvalue weighted by atomic mass is 35.5. The molecule has 0 amide bonds. The number of carbonyl (C=O) groups excluding carboxylic acids is 4. The number of halogens is 4. The van der Waals surface area contributed by atoms with Crippen molar-refractivity contribution >= 4 is 70.3 Å². The van der Waals surface area contributed by atoms with Crippen molar-refractivity contribution in [1.29, 1.82) is 0 Å². The van der Waals surface area contributed by atoms with Gasteiger partial charge in [-0.3, -0.25) is 9.59 Å². The van der Waals surface area contributed by atoms with Gasteiger partial charge in [0, 0.05) is 57.9 Å². The number of phenols is 1. The van der Waals surface area contributed by atoms with E-state index in [1.54, 1.807) is 12.1 Å². The number of ether oxygens (including phenoxy) is 5. The largest absolute Gasteiger partial charge is 0.508 e. The maximum Gasteiger partial charge on any atom is 0.347 e. The van der Waals surface area contributed by atoms with E-state index in [1.807, 2.05) is 114 Å². The van der Waals surface area contributed by atoms with E-state index in [1.165, 1.54) is 47.6 Å². The van der Waals surface area contributed by atoms with E-state index in [-0.39, 0.29) is 23.8 Å². The molecule has 6 aromatic carbocycles. The summed E-state index contributed by atoms with van der Waals surface area (Å²) < 4.78 is 25.9. The molecule has 13 nitrogen and oxygen atoms in total. The van der Waals surface area contributed by atoms with Gasteiger partial charge in [0.25, 0.3) is 0 Å². The minimum Gasteiger partial charge on any atom is -0.508 e. The van der Waals surface area contributed by atoms with E-state index in [4.69, 9.17) is 65.4 Å². The predicted octanol–water partition coefficient (Wildman–Crippen LogP) is 17.1. The third-order valence-corrected chi connectivity index (χ3v) is 15.7. The second kappa shape index (κ2) is 40.7. The number of nitrogens with zero attached hydrogens (tertiary/aromatic N) is 2. The lowest BCUT2D eigenvalue weighted by Crippen LogP contribution is -2.28. The van der Waals surface area contributed by atoms with Crippen LogP contribution in [-0.4, -0.2) is 122 Å². The quantitative estimate of drug-likeness (QED) is 0.0233. The van der Waals surface area contributed by atoms with Crippen LogP contribution in [0.25, 0.3) is 0 Å². The molecule has 2 unspecified atom stereocenters. The molecule has 2 N–H and O–H groups in total. The molecule has 2 atom stereocenters. The summed E-state index contributed by atoms with van der Waals surface area (Å²) in [5.74, 6) is -0.0108. The van der Waals surface area contributed by atoms with E-state index in [0.29, 0.717) is 56.4 Å². The predicted molar refractivity (Wildman–Crippen MR) is 368 cm³/mol. The number of methoxy groups -OCH3 is 2. The number of likely N-dealkylation sites (N-methyl/N-ethyl adjacent to an activating group) is 2. The molecule has 17 heteroatoms. The molecule has 0 bridgehead atoms. The molecule has 0 aromatic heterocycles. The molecule has 0 saturated carbocycles. The van der Waals surface area contributed by atoms with Crippen molar-refractivity contribution in [3.8, 4) is 11.5 Å². The van der Waals surface area contributed by atoms with Crippen molar-refractivity contribution < 1.29 is 53.1 Å².